The van der Waals surface area contributed by atoms with Crippen LogP contribution in [0.5, 0.6) is 0 Å². The minimum atomic E-state index is -0.208. The third kappa shape index (κ3) is 0.814. The van der Waals surface area contributed by atoms with Crippen LogP contribution in [0.1, 0.15) is 13.8 Å². The van der Waals surface area contributed by atoms with E-state index >= 15 is 0 Å². The molecular weight excluding hydrogens is 128 g/mol. The number of amides is 1. The number of hydrogen-bond donors (Lipinski definition) is 2. The normalized spacial score (nSPS) is 35.5. The SMILES string of the molecule is CC1(C)C(CN)C1C(N)=O. The highest BCUT2D eigenvalue weighted by Gasteiger charge is 2.59. The number of nitrogens with two attached hydrogens (primary N) is 2. The minimum absolute atomic E-state index is 0.0116. The first-order valence-electron chi connectivity index (χ1n) is 3.51. The summed E-state index contributed by atoms with van der Waals surface area (Å²) in [7, 11) is 0. The molecule has 1 aliphatic carbocycles. The molecule has 0 aromatic rings. The summed E-state index contributed by atoms with van der Waals surface area (Å²) in [6.45, 7) is 4.63. The highest BCUT2D eigenvalue weighted by atomic mass is 16.1. The van der Waals surface area contributed by atoms with Crippen molar-refractivity contribution in [2.24, 2.45) is 28.7 Å². The quantitative estimate of drug-likeness (QED) is 0.556. The maximum Gasteiger partial charge on any atom is 0.221 e. The zero-order valence-electron chi connectivity index (χ0n) is 6.42. The van der Waals surface area contributed by atoms with Gasteiger partial charge in [-0.3, -0.25) is 4.79 Å². The van der Waals surface area contributed by atoms with Crippen LogP contribution in [0.25, 0.3) is 0 Å². The molecule has 2 atom stereocenters. The van der Waals surface area contributed by atoms with Gasteiger partial charge in [-0.05, 0) is 17.9 Å². The van der Waals surface area contributed by atoms with Gasteiger partial charge in [-0.15, -0.1) is 0 Å². The van der Waals surface area contributed by atoms with Gasteiger partial charge in [0.2, 0.25) is 5.91 Å². The average molecular weight is 142 g/mol. The molecule has 0 spiro atoms. The first-order chi connectivity index (χ1) is 4.51. The van der Waals surface area contributed by atoms with E-state index in [1.807, 2.05) is 13.8 Å². The number of primary amides is 1. The molecule has 0 saturated heterocycles. The summed E-state index contributed by atoms with van der Waals surface area (Å²) in [6.07, 6.45) is 0. The van der Waals surface area contributed by atoms with E-state index in [1.165, 1.54) is 0 Å². The number of rotatable bonds is 2. The molecule has 1 saturated carbocycles. The van der Waals surface area contributed by atoms with Crippen molar-refractivity contribution in [2.75, 3.05) is 6.54 Å². The van der Waals surface area contributed by atoms with Gasteiger partial charge in [-0.1, -0.05) is 13.8 Å². The Kier molecular flexibility index (Phi) is 1.47. The number of carbonyl (C=O) groups is 1. The first-order valence-corrected chi connectivity index (χ1v) is 3.51. The predicted octanol–water partition coefficient (Wildman–Crippen LogP) is -0.297. The van der Waals surface area contributed by atoms with E-state index in [0.29, 0.717) is 12.5 Å². The molecule has 4 N–H and O–H groups in total. The lowest BCUT2D eigenvalue weighted by molar-refractivity contribution is -0.120. The molecule has 3 nitrogen and oxygen atoms in total. The second kappa shape index (κ2) is 1.95. The van der Waals surface area contributed by atoms with Crippen LogP contribution < -0.4 is 11.5 Å². The molecule has 2 unspecified atom stereocenters. The zero-order valence-corrected chi connectivity index (χ0v) is 6.42. The van der Waals surface area contributed by atoms with Gasteiger partial charge in [0.15, 0.2) is 0 Å². The standard InChI is InChI=1S/C7H14N2O/c1-7(2)4(3-8)5(7)6(9)10/h4-5H,3,8H2,1-2H3,(H2,9,10). The van der Waals surface area contributed by atoms with Gasteiger partial charge in [0.25, 0.3) is 0 Å². The molecule has 0 radical (unpaired) electrons. The van der Waals surface area contributed by atoms with E-state index in [2.05, 4.69) is 0 Å². The van der Waals surface area contributed by atoms with Crippen LogP contribution in [0.15, 0.2) is 0 Å². The summed E-state index contributed by atoms with van der Waals surface area (Å²) in [5.74, 6) is 0.114. The molecular formula is C7H14N2O. The molecule has 0 aromatic carbocycles. The van der Waals surface area contributed by atoms with E-state index in [9.17, 15) is 4.79 Å². The van der Waals surface area contributed by atoms with Crippen molar-refractivity contribution < 1.29 is 4.79 Å². The molecule has 0 aliphatic heterocycles. The molecule has 1 rings (SSSR count). The van der Waals surface area contributed by atoms with Crippen molar-refractivity contribution >= 4 is 5.91 Å². The van der Waals surface area contributed by atoms with Gasteiger partial charge in [-0.25, -0.2) is 0 Å². The lowest BCUT2D eigenvalue weighted by Gasteiger charge is -1.97. The van der Waals surface area contributed by atoms with Gasteiger partial charge in [0.1, 0.15) is 0 Å². The maximum absolute atomic E-state index is 10.7. The van der Waals surface area contributed by atoms with Crippen LogP contribution in [-0.2, 0) is 4.79 Å². The van der Waals surface area contributed by atoms with Crippen molar-refractivity contribution in [1.82, 2.24) is 0 Å². The fraction of sp³-hybridized carbons (Fsp3) is 0.857. The Morgan fingerprint density at radius 3 is 2.20 bits per heavy atom. The Morgan fingerprint density at radius 1 is 1.60 bits per heavy atom. The lowest BCUT2D eigenvalue weighted by atomic mass is 10.1. The maximum atomic E-state index is 10.7. The van der Waals surface area contributed by atoms with E-state index in [-0.39, 0.29) is 17.2 Å². The van der Waals surface area contributed by atoms with Crippen molar-refractivity contribution in [3.05, 3.63) is 0 Å². The summed E-state index contributed by atoms with van der Waals surface area (Å²) < 4.78 is 0. The van der Waals surface area contributed by atoms with Gasteiger partial charge in [0.05, 0.1) is 0 Å². The molecule has 1 amide bonds. The Labute approximate surface area is 60.8 Å². The molecule has 0 heterocycles. The minimum Gasteiger partial charge on any atom is -0.369 e. The summed E-state index contributed by atoms with van der Waals surface area (Å²) in [5.41, 5.74) is 10.6. The van der Waals surface area contributed by atoms with Gasteiger partial charge < -0.3 is 11.5 Å². The lowest BCUT2D eigenvalue weighted by Crippen LogP contribution is -2.17. The van der Waals surface area contributed by atoms with Crippen LogP contribution in [0.4, 0.5) is 0 Å². The monoisotopic (exact) mass is 142 g/mol. The van der Waals surface area contributed by atoms with Crippen LogP contribution in [0, 0.1) is 17.3 Å². The smallest absolute Gasteiger partial charge is 0.221 e. The van der Waals surface area contributed by atoms with Crippen molar-refractivity contribution in [3.63, 3.8) is 0 Å². The summed E-state index contributed by atoms with van der Waals surface area (Å²) in [5, 5.41) is 0. The Bertz CT molecular complexity index is 165. The highest BCUT2D eigenvalue weighted by Crippen LogP contribution is 2.57. The molecule has 1 fully saturated rings. The molecule has 10 heavy (non-hydrogen) atoms. The van der Waals surface area contributed by atoms with Gasteiger partial charge in [0, 0.05) is 5.92 Å². The van der Waals surface area contributed by atoms with E-state index in [0.717, 1.165) is 0 Å². The van der Waals surface area contributed by atoms with Crippen LogP contribution in [0.2, 0.25) is 0 Å². The van der Waals surface area contributed by atoms with Gasteiger partial charge in [-0.2, -0.15) is 0 Å². The molecule has 0 bridgehead atoms. The van der Waals surface area contributed by atoms with Crippen LogP contribution in [0.3, 0.4) is 0 Å². The fourth-order valence-corrected chi connectivity index (χ4v) is 1.75. The molecule has 3 heteroatoms. The van der Waals surface area contributed by atoms with E-state index in [1.54, 1.807) is 0 Å². The fourth-order valence-electron chi connectivity index (χ4n) is 1.75. The third-order valence-electron chi connectivity index (χ3n) is 2.61. The second-order valence-electron chi connectivity index (χ2n) is 3.54. The van der Waals surface area contributed by atoms with E-state index in [4.69, 9.17) is 11.5 Å². The number of carbonyl (C=O) groups excluding carboxylic acids is 1. The Morgan fingerprint density at radius 2 is 2.10 bits per heavy atom. The first kappa shape index (κ1) is 7.54. The van der Waals surface area contributed by atoms with Crippen LogP contribution >= 0.6 is 0 Å². The highest BCUT2D eigenvalue weighted by molar-refractivity contribution is 5.81. The average Bonchev–Trinajstić information content (AvgIpc) is 2.33. The van der Waals surface area contributed by atoms with Crippen LogP contribution in [-0.4, -0.2) is 12.5 Å². The molecule has 58 valence electrons. The van der Waals surface area contributed by atoms with Crippen molar-refractivity contribution in [3.8, 4) is 0 Å². The summed E-state index contributed by atoms with van der Waals surface area (Å²) in [6, 6.07) is 0. The third-order valence-corrected chi connectivity index (χ3v) is 2.61. The Hall–Kier alpha value is -0.570. The predicted molar refractivity (Wildman–Crippen MR) is 39.0 cm³/mol. The molecule has 1 aliphatic rings. The number of hydrogen-bond acceptors (Lipinski definition) is 2. The topological polar surface area (TPSA) is 69.1 Å². The van der Waals surface area contributed by atoms with Gasteiger partial charge >= 0.3 is 0 Å². The van der Waals surface area contributed by atoms with E-state index < -0.39 is 0 Å². The van der Waals surface area contributed by atoms with Crippen molar-refractivity contribution in [2.45, 2.75) is 13.8 Å². The summed E-state index contributed by atoms with van der Waals surface area (Å²) in [4.78, 5) is 10.7. The van der Waals surface area contributed by atoms with Crippen molar-refractivity contribution in [1.29, 1.82) is 0 Å². The zero-order chi connectivity index (χ0) is 7.94. The second-order valence-corrected chi connectivity index (χ2v) is 3.54. The largest absolute Gasteiger partial charge is 0.369 e. The summed E-state index contributed by atoms with van der Waals surface area (Å²) >= 11 is 0. The molecule has 0 aromatic heterocycles. The Balaban J connectivity index is 2.61.